The lowest BCUT2D eigenvalue weighted by molar-refractivity contribution is -0.161. The first kappa shape index (κ1) is 18.9. The summed E-state index contributed by atoms with van der Waals surface area (Å²) >= 11 is 0. The van der Waals surface area contributed by atoms with Crippen molar-refractivity contribution in [3.8, 4) is 11.1 Å². The summed E-state index contributed by atoms with van der Waals surface area (Å²) in [5.41, 5.74) is 8.86. The lowest BCUT2D eigenvalue weighted by Gasteiger charge is -2.24. The number of hydrogen-bond donors (Lipinski definition) is 2. The van der Waals surface area contributed by atoms with Gasteiger partial charge >= 0.3 is 11.9 Å². The molecule has 0 radical (unpaired) electrons. The van der Waals surface area contributed by atoms with Crippen LogP contribution in [0.2, 0.25) is 0 Å². The summed E-state index contributed by atoms with van der Waals surface area (Å²) in [6.45, 7) is 0.0356. The van der Waals surface area contributed by atoms with E-state index in [1.165, 1.54) is 0 Å². The fourth-order valence-electron chi connectivity index (χ4n) is 3.88. The number of carboxylic acid groups (broad SMARTS) is 1. The molecule has 0 unspecified atom stereocenters. The number of ether oxygens (including phenoxy) is 1. The van der Waals surface area contributed by atoms with E-state index in [0.717, 1.165) is 22.3 Å². The van der Waals surface area contributed by atoms with E-state index in [1.807, 2.05) is 54.6 Å². The minimum atomic E-state index is -2.14. The van der Waals surface area contributed by atoms with Crippen LogP contribution in [0.3, 0.4) is 0 Å². The van der Waals surface area contributed by atoms with Crippen LogP contribution in [0.4, 0.5) is 0 Å². The van der Waals surface area contributed by atoms with Crippen molar-refractivity contribution in [2.24, 2.45) is 5.73 Å². The molecule has 3 aromatic carbocycles. The van der Waals surface area contributed by atoms with E-state index in [-0.39, 0.29) is 18.9 Å². The van der Waals surface area contributed by atoms with Crippen LogP contribution in [0, 0.1) is 0 Å². The molecule has 4 rings (SSSR count). The van der Waals surface area contributed by atoms with Gasteiger partial charge in [-0.1, -0.05) is 78.9 Å². The number of hydrogen-bond acceptors (Lipinski definition) is 4. The Bertz CT molecular complexity index is 1020. The van der Waals surface area contributed by atoms with Crippen molar-refractivity contribution in [1.29, 1.82) is 0 Å². The molecule has 0 saturated heterocycles. The maximum absolute atomic E-state index is 12.8. The molecule has 146 valence electrons. The standard InChI is InChI=1S/C24H21NO4/c25-24(22(26)27,14-16-8-2-1-3-9-16)23(28)29-15-21-19-12-6-4-10-17(19)18-11-5-7-13-20(18)21/h1-13,21H,14-15,25H2,(H,26,27)/t24-/m0/s1. The Morgan fingerprint density at radius 3 is 1.93 bits per heavy atom. The molecule has 1 atom stereocenters. The van der Waals surface area contributed by atoms with E-state index in [1.54, 1.807) is 24.3 Å². The lowest BCUT2D eigenvalue weighted by atomic mass is 9.91. The largest absolute Gasteiger partial charge is 0.479 e. The van der Waals surface area contributed by atoms with Gasteiger partial charge in [-0.05, 0) is 27.8 Å². The second-order valence-electron chi connectivity index (χ2n) is 7.26. The van der Waals surface area contributed by atoms with Gasteiger partial charge in [0.05, 0.1) is 0 Å². The summed E-state index contributed by atoms with van der Waals surface area (Å²) in [7, 11) is 0. The van der Waals surface area contributed by atoms with Crippen molar-refractivity contribution in [2.45, 2.75) is 17.9 Å². The van der Waals surface area contributed by atoms with Crippen LogP contribution in [0.5, 0.6) is 0 Å². The molecule has 3 aromatic rings. The van der Waals surface area contributed by atoms with Crippen LogP contribution >= 0.6 is 0 Å². The highest BCUT2D eigenvalue weighted by Gasteiger charge is 2.44. The lowest BCUT2D eigenvalue weighted by Crippen LogP contribution is -2.57. The van der Waals surface area contributed by atoms with Crippen LogP contribution in [0.1, 0.15) is 22.6 Å². The fourth-order valence-corrected chi connectivity index (χ4v) is 3.88. The number of esters is 1. The zero-order valence-electron chi connectivity index (χ0n) is 15.7. The molecule has 3 N–H and O–H groups in total. The van der Waals surface area contributed by atoms with Gasteiger partial charge in [0.2, 0.25) is 5.54 Å². The van der Waals surface area contributed by atoms with E-state index in [4.69, 9.17) is 10.5 Å². The molecule has 0 aliphatic heterocycles. The highest BCUT2D eigenvalue weighted by molar-refractivity contribution is 6.04. The van der Waals surface area contributed by atoms with Crippen LogP contribution in [0.15, 0.2) is 78.9 Å². The van der Waals surface area contributed by atoms with Gasteiger partial charge in [-0.15, -0.1) is 0 Å². The normalized spacial score (nSPS) is 14.5. The average molecular weight is 387 g/mol. The minimum Gasteiger partial charge on any atom is -0.479 e. The summed E-state index contributed by atoms with van der Waals surface area (Å²) in [6.07, 6.45) is -0.139. The Hall–Kier alpha value is -3.44. The summed E-state index contributed by atoms with van der Waals surface area (Å²) in [6, 6.07) is 24.8. The first-order valence-corrected chi connectivity index (χ1v) is 9.42. The van der Waals surface area contributed by atoms with Gasteiger partial charge in [0.1, 0.15) is 6.61 Å². The number of benzene rings is 3. The van der Waals surface area contributed by atoms with E-state index >= 15 is 0 Å². The van der Waals surface area contributed by atoms with Gasteiger partial charge < -0.3 is 15.6 Å². The monoisotopic (exact) mass is 387 g/mol. The SMILES string of the molecule is N[C@@](Cc1ccccc1)(C(=O)O)C(=O)OCC1c2ccccc2-c2ccccc21. The van der Waals surface area contributed by atoms with Crippen LogP contribution < -0.4 is 5.73 Å². The predicted octanol–water partition coefficient (Wildman–Crippen LogP) is 3.37. The van der Waals surface area contributed by atoms with Crippen molar-refractivity contribution in [2.75, 3.05) is 6.61 Å². The van der Waals surface area contributed by atoms with Gasteiger partial charge in [-0.2, -0.15) is 0 Å². The van der Waals surface area contributed by atoms with E-state index in [0.29, 0.717) is 5.56 Å². The van der Waals surface area contributed by atoms with Crippen LogP contribution in [-0.2, 0) is 20.7 Å². The van der Waals surface area contributed by atoms with E-state index < -0.39 is 17.5 Å². The number of nitrogens with two attached hydrogens (primary N) is 1. The Kier molecular flexibility index (Phi) is 4.91. The Morgan fingerprint density at radius 1 is 0.862 bits per heavy atom. The topological polar surface area (TPSA) is 89.6 Å². The average Bonchev–Trinajstić information content (AvgIpc) is 3.06. The van der Waals surface area contributed by atoms with Crippen LogP contribution in [0.25, 0.3) is 11.1 Å². The van der Waals surface area contributed by atoms with Gasteiger partial charge in [-0.25, -0.2) is 9.59 Å². The first-order valence-electron chi connectivity index (χ1n) is 9.42. The number of rotatable bonds is 6. The summed E-state index contributed by atoms with van der Waals surface area (Å²) in [5.74, 6) is -2.49. The van der Waals surface area contributed by atoms with Gasteiger partial charge in [0.15, 0.2) is 0 Å². The predicted molar refractivity (Wildman–Crippen MR) is 109 cm³/mol. The fraction of sp³-hybridized carbons (Fsp3) is 0.167. The molecule has 0 fully saturated rings. The molecule has 1 aliphatic rings. The van der Waals surface area contributed by atoms with Gasteiger partial charge in [0.25, 0.3) is 0 Å². The molecule has 0 bridgehead atoms. The maximum atomic E-state index is 12.8. The van der Waals surface area contributed by atoms with Gasteiger partial charge in [-0.3, -0.25) is 0 Å². The summed E-state index contributed by atoms with van der Waals surface area (Å²) in [5, 5.41) is 9.65. The molecular weight excluding hydrogens is 366 g/mol. The Morgan fingerprint density at radius 2 is 1.38 bits per heavy atom. The molecule has 0 spiro atoms. The van der Waals surface area contributed by atoms with Crippen molar-refractivity contribution in [3.05, 3.63) is 95.6 Å². The molecule has 5 heteroatoms. The third-order valence-corrected chi connectivity index (χ3v) is 5.42. The molecule has 5 nitrogen and oxygen atoms in total. The molecule has 0 amide bonds. The minimum absolute atomic E-state index is 0.0356. The van der Waals surface area contributed by atoms with E-state index in [2.05, 4.69) is 0 Å². The highest BCUT2D eigenvalue weighted by atomic mass is 16.5. The molecular formula is C24H21NO4. The number of aliphatic carboxylic acids is 1. The quantitative estimate of drug-likeness (QED) is 0.500. The second kappa shape index (κ2) is 7.53. The number of carboxylic acids is 1. The van der Waals surface area contributed by atoms with Crippen molar-refractivity contribution in [3.63, 3.8) is 0 Å². The first-order chi connectivity index (χ1) is 14.0. The highest BCUT2D eigenvalue weighted by Crippen LogP contribution is 2.44. The third kappa shape index (κ3) is 3.41. The number of carbonyl (C=O) groups excluding carboxylic acids is 1. The number of carbonyl (C=O) groups is 2. The third-order valence-electron chi connectivity index (χ3n) is 5.42. The Balaban J connectivity index is 1.56. The Labute approximate surface area is 168 Å². The smallest absolute Gasteiger partial charge is 0.338 e. The second-order valence-corrected chi connectivity index (χ2v) is 7.26. The van der Waals surface area contributed by atoms with Crippen molar-refractivity contribution < 1.29 is 19.4 Å². The summed E-state index contributed by atoms with van der Waals surface area (Å²) < 4.78 is 5.49. The maximum Gasteiger partial charge on any atom is 0.338 e. The van der Waals surface area contributed by atoms with Gasteiger partial charge in [0, 0.05) is 12.3 Å². The molecule has 0 saturated carbocycles. The van der Waals surface area contributed by atoms with Crippen molar-refractivity contribution in [1.82, 2.24) is 0 Å². The zero-order valence-corrected chi connectivity index (χ0v) is 15.7. The van der Waals surface area contributed by atoms with Crippen LogP contribution in [-0.4, -0.2) is 29.2 Å². The zero-order chi connectivity index (χ0) is 20.4. The molecule has 1 aliphatic carbocycles. The van der Waals surface area contributed by atoms with Crippen molar-refractivity contribution >= 4 is 11.9 Å². The van der Waals surface area contributed by atoms with E-state index in [9.17, 15) is 14.7 Å². The molecule has 29 heavy (non-hydrogen) atoms. The molecule has 0 heterocycles. The molecule has 0 aromatic heterocycles. The summed E-state index contributed by atoms with van der Waals surface area (Å²) in [4.78, 5) is 24.6. The number of fused-ring (bicyclic) bond motifs is 3.